The summed E-state index contributed by atoms with van der Waals surface area (Å²) in [6.45, 7) is 1.78. The number of aromatic nitrogens is 2. The van der Waals surface area contributed by atoms with Crippen LogP contribution >= 0.6 is 0 Å². The second kappa shape index (κ2) is 4.23. The summed E-state index contributed by atoms with van der Waals surface area (Å²) in [6.07, 6.45) is 1.68. The van der Waals surface area contributed by atoms with Crippen LogP contribution in [0.4, 0.5) is 5.82 Å². The summed E-state index contributed by atoms with van der Waals surface area (Å²) in [7, 11) is 0. The monoisotopic (exact) mass is 225 g/mol. The summed E-state index contributed by atoms with van der Waals surface area (Å²) >= 11 is 0. The molecule has 0 unspecified atom stereocenters. The largest absolute Gasteiger partial charge is 0.390 e. The van der Waals surface area contributed by atoms with Crippen molar-refractivity contribution < 1.29 is 9.84 Å². The van der Waals surface area contributed by atoms with E-state index in [0.29, 0.717) is 12.8 Å². The summed E-state index contributed by atoms with van der Waals surface area (Å²) in [5.74, 6) is 0.199. The van der Waals surface area contributed by atoms with E-state index in [1.807, 2.05) is 0 Å². The molecule has 1 aliphatic heterocycles. The molecule has 2 rings (SSSR count). The highest BCUT2D eigenvalue weighted by Gasteiger charge is 2.28. The normalized spacial score (nSPS) is 30.2. The Labute approximate surface area is 92.7 Å². The first-order valence-electron chi connectivity index (χ1n) is 5.26. The lowest BCUT2D eigenvalue weighted by Crippen LogP contribution is -2.38. The van der Waals surface area contributed by atoms with Crippen molar-refractivity contribution in [1.82, 2.24) is 9.55 Å². The van der Waals surface area contributed by atoms with Gasteiger partial charge in [0, 0.05) is 6.20 Å². The van der Waals surface area contributed by atoms with Crippen molar-refractivity contribution in [3.05, 3.63) is 22.7 Å². The number of hydrogen-bond donors (Lipinski definition) is 2. The summed E-state index contributed by atoms with van der Waals surface area (Å²) in [5, 5.41) is 9.51. The molecule has 1 aromatic rings. The molecule has 0 aliphatic carbocycles. The summed E-state index contributed by atoms with van der Waals surface area (Å²) in [4.78, 5) is 15.2. The molecule has 1 fully saturated rings. The number of ether oxygens (including phenoxy) is 1. The van der Waals surface area contributed by atoms with Crippen LogP contribution < -0.4 is 11.4 Å². The molecule has 3 N–H and O–H groups in total. The molecule has 0 bridgehead atoms. The van der Waals surface area contributed by atoms with E-state index in [2.05, 4.69) is 4.98 Å². The summed E-state index contributed by atoms with van der Waals surface area (Å²) in [6, 6.07) is 1.56. The van der Waals surface area contributed by atoms with E-state index in [9.17, 15) is 9.90 Å². The molecule has 0 saturated carbocycles. The van der Waals surface area contributed by atoms with Gasteiger partial charge in [0.25, 0.3) is 0 Å². The van der Waals surface area contributed by atoms with E-state index in [1.54, 1.807) is 19.2 Å². The highest BCUT2D eigenvalue weighted by molar-refractivity contribution is 5.23. The minimum Gasteiger partial charge on any atom is -0.390 e. The third kappa shape index (κ3) is 2.07. The number of anilines is 1. The molecule has 6 heteroatoms. The summed E-state index contributed by atoms with van der Waals surface area (Å²) in [5.41, 5.74) is 4.98. The van der Waals surface area contributed by atoms with Crippen LogP contribution in [0.15, 0.2) is 17.1 Å². The van der Waals surface area contributed by atoms with Crippen LogP contribution in [0.5, 0.6) is 0 Å². The number of aliphatic hydroxyl groups is 1. The van der Waals surface area contributed by atoms with E-state index < -0.39 is 11.8 Å². The molecule has 3 atom stereocenters. The van der Waals surface area contributed by atoms with Gasteiger partial charge in [0.2, 0.25) is 0 Å². The number of hydrogen-bond acceptors (Lipinski definition) is 5. The quantitative estimate of drug-likeness (QED) is 0.695. The Morgan fingerprint density at radius 3 is 3.00 bits per heavy atom. The maximum absolute atomic E-state index is 11.6. The lowest BCUT2D eigenvalue weighted by Gasteiger charge is -2.32. The van der Waals surface area contributed by atoms with Gasteiger partial charge in [-0.15, -0.1) is 0 Å². The van der Waals surface area contributed by atoms with Gasteiger partial charge in [0.1, 0.15) is 12.0 Å². The van der Waals surface area contributed by atoms with Gasteiger partial charge < -0.3 is 15.6 Å². The molecule has 6 nitrogen and oxygen atoms in total. The molecular formula is C10H15N3O3. The van der Waals surface area contributed by atoms with Crippen molar-refractivity contribution in [3.63, 3.8) is 0 Å². The lowest BCUT2D eigenvalue weighted by atomic mass is 10.1. The molecule has 0 radical (unpaired) electrons. The van der Waals surface area contributed by atoms with Crippen LogP contribution in [-0.4, -0.2) is 26.9 Å². The Balaban J connectivity index is 2.22. The Kier molecular flexibility index (Phi) is 2.93. The number of rotatable bonds is 1. The molecule has 0 spiro atoms. The number of nitrogen functional groups attached to an aromatic ring is 1. The fraction of sp³-hybridized carbons (Fsp3) is 0.600. The van der Waals surface area contributed by atoms with Gasteiger partial charge in [-0.2, -0.15) is 4.98 Å². The fourth-order valence-electron chi connectivity index (χ4n) is 1.80. The fourth-order valence-corrected chi connectivity index (χ4v) is 1.80. The molecule has 1 aliphatic rings. The molecule has 1 aromatic heterocycles. The third-order valence-corrected chi connectivity index (χ3v) is 2.78. The Bertz CT molecular complexity index is 432. The van der Waals surface area contributed by atoms with Crippen LogP contribution in [0.3, 0.4) is 0 Å². The maximum atomic E-state index is 11.6. The third-order valence-electron chi connectivity index (χ3n) is 2.78. The Morgan fingerprint density at radius 1 is 1.62 bits per heavy atom. The van der Waals surface area contributed by atoms with E-state index in [0.717, 1.165) is 0 Å². The first-order valence-corrected chi connectivity index (χ1v) is 5.26. The zero-order valence-electron chi connectivity index (χ0n) is 9.04. The first kappa shape index (κ1) is 11.1. The number of aliphatic hydroxyl groups excluding tert-OH is 1. The van der Waals surface area contributed by atoms with Crippen molar-refractivity contribution in [1.29, 1.82) is 0 Å². The molecular weight excluding hydrogens is 210 g/mol. The molecule has 0 aromatic carbocycles. The second-order valence-corrected chi connectivity index (χ2v) is 3.98. The standard InChI is InChI=1S/C10H15N3O3/c1-6-7(14)2-3-9(16-6)13-5-4-8(11)12-10(13)15/h4-7,9,14H,2-3H2,1H3,(H2,11,12,15)/t6-,7+,9+/m1/s1. The van der Waals surface area contributed by atoms with Crippen molar-refractivity contribution >= 4 is 5.82 Å². The smallest absolute Gasteiger partial charge is 0.351 e. The predicted molar refractivity (Wildman–Crippen MR) is 57.7 cm³/mol. The summed E-state index contributed by atoms with van der Waals surface area (Å²) < 4.78 is 6.94. The minimum atomic E-state index is -0.464. The van der Waals surface area contributed by atoms with Crippen molar-refractivity contribution in [2.24, 2.45) is 0 Å². The van der Waals surface area contributed by atoms with Crippen LogP contribution in [0.25, 0.3) is 0 Å². The first-order chi connectivity index (χ1) is 7.58. The zero-order valence-corrected chi connectivity index (χ0v) is 9.04. The topological polar surface area (TPSA) is 90.4 Å². The average molecular weight is 225 g/mol. The molecule has 1 saturated heterocycles. The van der Waals surface area contributed by atoms with Gasteiger partial charge in [-0.3, -0.25) is 4.57 Å². The molecule has 88 valence electrons. The zero-order chi connectivity index (χ0) is 11.7. The van der Waals surface area contributed by atoms with Gasteiger partial charge in [0.05, 0.1) is 12.2 Å². The van der Waals surface area contributed by atoms with E-state index in [1.165, 1.54) is 4.57 Å². The minimum absolute atomic E-state index is 0.199. The SMILES string of the molecule is C[C@H]1O[C@H](n2ccc(N)nc2=O)CC[C@@H]1O. The van der Waals surface area contributed by atoms with E-state index >= 15 is 0 Å². The predicted octanol–water partition coefficient (Wildman–Crippen LogP) is -0.116. The molecule has 0 amide bonds. The second-order valence-electron chi connectivity index (χ2n) is 3.98. The molecule has 2 heterocycles. The van der Waals surface area contributed by atoms with Crippen molar-refractivity contribution in [2.45, 2.75) is 38.2 Å². The maximum Gasteiger partial charge on any atom is 0.351 e. The van der Waals surface area contributed by atoms with Gasteiger partial charge >= 0.3 is 5.69 Å². The van der Waals surface area contributed by atoms with Gasteiger partial charge in [-0.05, 0) is 25.8 Å². The Morgan fingerprint density at radius 2 is 2.38 bits per heavy atom. The van der Waals surface area contributed by atoms with Gasteiger partial charge in [-0.1, -0.05) is 0 Å². The average Bonchev–Trinajstić information content (AvgIpc) is 2.22. The molecule has 16 heavy (non-hydrogen) atoms. The van der Waals surface area contributed by atoms with Gasteiger partial charge in [-0.25, -0.2) is 4.79 Å². The highest BCUT2D eigenvalue weighted by atomic mass is 16.5. The highest BCUT2D eigenvalue weighted by Crippen LogP contribution is 2.25. The van der Waals surface area contributed by atoms with Crippen LogP contribution in [0, 0.1) is 0 Å². The number of nitrogens with two attached hydrogens (primary N) is 1. The number of nitrogens with zero attached hydrogens (tertiary/aromatic N) is 2. The van der Waals surface area contributed by atoms with Crippen LogP contribution in [0.2, 0.25) is 0 Å². The van der Waals surface area contributed by atoms with E-state index in [-0.39, 0.29) is 18.1 Å². The van der Waals surface area contributed by atoms with E-state index in [4.69, 9.17) is 10.5 Å². The van der Waals surface area contributed by atoms with Crippen molar-refractivity contribution in [3.8, 4) is 0 Å². The lowest BCUT2D eigenvalue weighted by molar-refractivity contribution is -0.139. The van der Waals surface area contributed by atoms with Crippen molar-refractivity contribution in [2.75, 3.05) is 5.73 Å². The van der Waals surface area contributed by atoms with Crippen LogP contribution in [0.1, 0.15) is 26.0 Å². The Hall–Kier alpha value is -1.40. The van der Waals surface area contributed by atoms with Crippen LogP contribution in [-0.2, 0) is 4.74 Å². The van der Waals surface area contributed by atoms with Gasteiger partial charge in [0.15, 0.2) is 0 Å².